The highest BCUT2D eigenvalue weighted by Gasteiger charge is 2.40. The van der Waals surface area contributed by atoms with Gasteiger partial charge >= 0.3 is 0 Å². The van der Waals surface area contributed by atoms with E-state index in [9.17, 15) is 18.3 Å². The van der Waals surface area contributed by atoms with E-state index < -0.39 is 27.5 Å². The zero-order valence-electron chi connectivity index (χ0n) is 15.5. The van der Waals surface area contributed by atoms with E-state index in [2.05, 4.69) is 5.32 Å². The molecule has 0 aliphatic carbocycles. The number of nitrogens with one attached hydrogen (secondary N) is 1. The van der Waals surface area contributed by atoms with Crippen LogP contribution in [0.3, 0.4) is 0 Å². The second kappa shape index (κ2) is 7.81. The number of aliphatic hydroxyl groups excluding tert-OH is 1. The summed E-state index contributed by atoms with van der Waals surface area (Å²) < 4.78 is 37.6. The summed E-state index contributed by atoms with van der Waals surface area (Å²) in [7, 11) is -0.982. The van der Waals surface area contributed by atoms with Crippen LogP contribution in [0.15, 0.2) is 23.1 Å². The molecule has 1 aromatic rings. The molecule has 9 heteroatoms. The summed E-state index contributed by atoms with van der Waals surface area (Å²) in [6.07, 6.45) is 1.02. The van der Waals surface area contributed by atoms with E-state index in [0.29, 0.717) is 24.3 Å². The number of benzene rings is 1. The van der Waals surface area contributed by atoms with E-state index in [4.69, 9.17) is 9.47 Å². The summed E-state index contributed by atoms with van der Waals surface area (Å²) in [5.74, 6) is 0.313. The monoisotopic (exact) mass is 386 g/mol. The van der Waals surface area contributed by atoms with E-state index in [-0.39, 0.29) is 18.0 Å². The minimum absolute atomic E-state index is 0.0382. The maximum Gasteiger partial charge on any atom is 0.243 e. The third kappa shape index (κ3) is 4.11. The lowest BCUT2D eigenvalue weighted by Gasteiger charge is -2.29. The highest BCUT2D eigenvalue weighted by molar-refractivity contribution is 7.89. The Bertz CT molecular complexity index is 763. The fourth-order valence-corrected chi connectivity index (χ4v) is 4.53. The van der Waals surface area contributed by atoms with Crippen LogP contribution >= 0.6 is 0 Å². The molecule has 0 aromatic heterocycles. The molecule has 2 N–H and O–H groups in total. The first-order chi connectivity index (χ1) is 12.2. The molecule has 1 unspecified atom stereocenters. The van der Waals surface area contributed by atoms with Gasteiger partial charge in [0.2, 0.25) is 15.9 Å². The molecule has 1 amide bonds. The summed E-state index contributed by atoms with van der Waals surface area (Å²) in [6, 6.07) is 3.53. The van der Waals surface area contributed by atoms with E-state index in [1.54, 1.807) is 13.8 Å². The van der Waals surface area contributed by atoms with Crippen molar-refractivity contribution in [1.29, 1.82) is 0 Å². The second-order valence-corrected chi connectivity index (χ2v) is 8.71. The smallest absolute Gasteiger partial charge is 0.243 e. The fourth-order valence-electron chi connectivity index (χ4n) is 2.86. The molecule has 1 atom stereocenters. The average molecular weight is 386 g/mol. The minimum atomic E-state index is -3.88. The van der Waals surface area contributed by atoms with Crippen molar-refractivity contribution in [3.63, 3.8) is 0 Å². The third-order valence-corrected chi connectivity index (χ3v) is 6.23. The predicted octanol–water partition coefficient (Wildman–Crippen LogP) is 0.744. The highest BCUT2D eigenvalue weighted by Crippen LogP contribution is 2.33. The number of hydrogen-bond acceptors (Lipinski definition) is 6. The Hall–Kier alpha value is -1.84. The summed E-state index contributed by atoms with van der Waals surface area (Å²) >= 11 is 0. The maximum atomic E-state index is 13.1. The molecule has 0 radical (unpaired) electrons. The van der Waals surface area contributed by atoms with Gasteiger partial charge in [0, 0.05) is 12.6 Å². The van der Waals surface area contributed by atoms with Gasteiger partial charge in [0.1, 0.15) is 6.04 Å². The number of sulfonamides is 1. The topological polar surface area (TPSA) is 105 Å². The summed E-state index contributed by atoms with van der Waals surface area (Å²) in [6.45, 7) is 3.36. The molecule has 146 valence electrons. The van der Waals surface area contributed by atoms with Crippen LogP contribution in [-0.2, 0) is 14.8 Å². The van der Waals surface area contributed by atoms with E-state index in [1.807, 2.05) is 0 Å². The van der Waals surface area contributed by atoms with Crippen molar-refractivity contribution in [2.45, 2.75) is 43.2 Å². The number of carbonyl (C=O) groups excluding carboxylic acids is 1. The van der Waals surface area contributed by atoms with Gasteiger partial charge in [-0.1, -0.05) is 0 Å². The molecule has 1 aromatic carbocycles. The molecule has 0 saturated carbocycles. The van der Waals surface area contributed by atoms with Gasteiger partial charge in [0.05, 0.1) is 31.3 Å². The van der Waals surface area contributed by atoms with Crippen LogP contribution in [0.25, 0.3) is 0 Å². The highest BCUT2D eigenvalue weighted by atomic mass is 32.2. The van der Waals surface area contributed by atoms with Gasteiger partial charge in [-0.25, -0.2) is 8.42 Å². The Morgan fingerprint density at radius 3 is 2.54 bits per heavy atom. The van der Waals surface area contributed by atoms with E-state index in [1.165, 1.54) is 36.7 Å². The van der Waals surface area contributed by atoms with Gasteiger partial charge in [-0.15, -0.1) is 0 Å². The minimum Gasteiger partial charge on any atom is -0.493 e. The summed E-state index contributed by atoms with van der Waals surface area (Å²) in [4.78, 5) is 12.6. The first kappa shape index (κ1) is 20.5. The third-order valence-electron chi connectivity index (χ3n) is 4.32. The van der Waals surface area contributed by atoms with Crippen LogP contribution < -0.4 is 14.8 Å². The molecule has 1 aliphatic heterocycles. The van der Waals surface area contributed by atoms with Gasteiger partial charge in [-0.3, -0.25) is 4.79 Å². The Balaban J connectivity index is 2.31. The lowest BCUT2D eigenvalue weighted by Crippen LogP contribution is -2.53. The number of methoxy groups -OCH3 is 2. The molecule has 2 rings (SSSR count). The van der Waals surface area contributed by atoms with Gasteiger partial charge in [0.25, 0.3) is 0 Å². The Morgan fingerprint density at radius 2 is 1.96 bits per heavy atom. The lowest BCUT2D eigenvalue weighted by molar-refractivity contribution is -0.126. The fraction of sp³-hybridized carbons (Fsp3) is 0.588. The van der Waals surface area contributed by atoms with Crippen molar-refractivity contribution < 1.29 is 27.8 Å². The molecule has 1 saturated heterocycles. The number of rotatable bonds is 7. The molecular formula is C17H26N2O6S. The normalized spacial score (nSPS) is 18.6. The molecule has 26 heavy (non-hydrogen) atoms. The lowest BCUT2D eigenvalue weighted by atomic mass is 10.1. The molecule has 1 fully saturated rings. The zero-order chi connectivity index (χ0) is 19.5. The van der Waals surface area contributed by atoms with Crippen molar-refractivity contribution in [1.82, 2.24) is 9.62 Å². The molecule has 0 bridgehead atoms. The van der Waals surface area contributed by atoms with Crippen molar-refractivity contribution in [2.24, 2.45) is 0 Å². The van der Waals surface area contributed by atoms with Crippen LogP contribution in [-0.4, -0.2) is 62.7 Å². The standard InChI is InChI=1S/C17H26N2O6S/c1-17(2,11-20)18-16(21)13-6-5-9-19(13)26(22,23)12-7-8-14(24-3)15(10-12)25-4/h7-8,10,13,20H,5-6,9,11H2,1-4H3,(H,18,21). The van der Waals surface area contributed by atoms with Crippen molar-refractivity contribution in [2.75, 3.05) is 27.4 Å². The first-order valence-corrected chi connectivity index (χ1v) is 9.77. The summed E-state index contributed by atoms with van der Waals surface area (Å²) in [5.41, 5.74) is -0.821. The van der Waals surface area contributed by atoms with Crippen LogP contribution in [0.4, 0.5) is 0 Å². The number of amides is 1. The number of aliphatic hydroxyl groups is 1. The number of nitrogens with zero attached hydrogens (tertiary/aromatic N) is 1. The molecule has 1 aliphatic rings. The van der Waals surface area contributed by atoms with E-state index >= 15 is 0 Å². The summed E-state index contributed by atoms with van der Waals surface area (Å²) in [5, 5.41) is 12.0. The van der Waals surface area contributed by atoms with Crippen LogP contribution in [0.2, 0.25) is 0 Å². The van der Waals surface area contributed by atoms with Crippen LogP contribution in [0, 0.1) is 0 Å². The quantitative estimate of drug-likeness (QED) is 0.716. The van der Waals surface area contributed by atoms with Crippen molar-refractivity contribution in [3.05, 3.63) is 18.2 Å². The van der Waals surface area contributed by atoms with Crippen LogP contribution in [0.1, 0.15) is 26.7 Å². The van der Waals surface area contributed by atoms with Gasteiger partial charge in [0.15, 0.2) is 11.5 Å². The Labute approximate surface area is 154 Å². The molecule has 8 nitrogen and oxygen atoms in total. The van der Waals surface area contributed by atoms with Gasteiger partial charge < -0.3 is 19.9 Å². The average Bonchev–Trinajstić information content (AvgIpc) is 3.11. The van der Waals surface area contributed by atoms with E-state index in [0.717, 1.165) is 0 Å². The second-order valence-electron chi connectivity index (χ2n) is 6.82. The van der Waals surface area contributed by atoms with Crippen molar-refractivity contribution in [3.8, 4) is 11.5 Å². The molecular weight excluding hydrogens is 360 g/mol. The Kier molecular flexibility index (Phi) is 6.15. The first-order valence-electron chi connectivity index (χ1n) is 8.33. The molecule has 1 heterocycles. The number of hydrogen-bond donors (Lipinski definition) is 2. The number of ether oxygens (including phenoxy) is 2. The maximum absolute atomic E-state index is 13.1. The molecule has 0 spiro atoms. The zero-order valence-corrected chi connectivity index (χ0v) is 16.3. The van der Waals surface area contributed by atoms with Crippen LogP contribution in [0.5, 0.6) is 11.5 Å². The van der Waals surface area contributed by atoms with Gasteiger partial charge in [-0.2, -0.15) is 4.31 Å². The largest absolute Gasteiger partial charge is 0.493 e. The van der Waals surface area contributed by atoms with Gasteiger partial charge in [-0.05, 0) is 38.8 Å². The predicted molar refractivity (Wildman–Crippen MR) is 95.8 cm³/mol. The number of carbonyl (C=O) groups is 1. The SMILES string of the molecule is COc1ccc(S(=O)(=O)N2CCCC2C(=O)NC(C)(C)CO)cc1OC. The Morgan fingerprint density at radius 1 is 1.31 bits per heavy atom. The van der Waals surface area contributed by atoms with Crippen molar-refractivity contribution >= 4 is 15.9 Å².